The molecule has 2 aromatic rings. The Balaban J connectivity index is 1.61. The van der Waals surface area contributed by atoms with Crippen LogP contribution >= 0.6 is 0 Å². The van der Waals surface area contributed by atoms with Crippen LogP contribution in [0.25, 0.3) is 0 Å². The standard InChI is InChI=1S/C23H30N2O3/c1-24(23(26)16-19-15-21(27-2)11-12-22(19)28-3)17-18-7-9-20(10-8-18)25-13-5-4-6-14-25/h7-12,15H,4-6,13-14,16-17H2,1-3H3. The molecule has 0 aliphatic carbocycles. The fourth-order valence-electron chi connectivity index (χ4n) is 3.64. The number of ether oxygens (including phenoxy) is 2. The lowest BCUT2D eigenvalue weighted by Gasteiger charge is -2.29. The molecule has 0 unspecified atom stereocenters. The maximum atomic E-state index is 12.7. The van der Waals surface area contributed by atoms with Crippen LogP contribution in [0.15, 0.2) is 42.5 Å². The summed E-state index contributed by atoms with van der Waals surface area (Å²) >= 11 is 0. The number of nitrogens with zero attached hydrogens (tertiary/aromatic N) is 2. The Morgan fingerprint density at radius 2 is 1.71 bits per heavy atom. The second kappa shape index (κ2) is 9.49. The summed E-state index contributed by atoms with van der Waals surface area (Å²) in [5.74, 6) is 1.47. The number of methoxy groups -OCH3 is 2. The lowest BCUT2D eigenvalue weighted by atomic mass is 10.1. The third-order valence-corrected chi connectivity index (χ3v) is 5.33. The van der Waals surface area contributed by atoms with Crippen LogP contribution in [0.5, 0.6) is 11.5 Å². The van der Waals surface area contributed by atoms with Crippen LogP contribution in [-0.2, 0) is 17.8 Å². The molecule has 0 atom stereocenters. The zero-order valence-corrected chi connectivity index (χ0v) is 17.1. The number of hydrogen-bond donors (Lipinski definition) is 0. The predicted molar refractivity (Wildman–Crippen MR) is 112 cm³/mol. The number of carbonyl (C=O) groups is 1. The topological polar surface area (TPSA) is 42.0 Å². The average molecular weight is 383 g/mol. The van der Waals surface area contributed by atoms with Gasteiger partial charge in [-0.2, -0.15) is 0 Å². The first-order valence-corrected chi connectivity index (χ1v) is 9.89. The number of anilines is 1. The lowest BCUT2D eigenvalue weighted by molar-refractivity contribution is -0.129. The van der Waals surface area contributed by atoms with Crippen molar-refractivity contribution < 1.29 is 14.3 Å². The highest BCUT2D eigenvalue weighted by molar-refractivity contribution is 5.79. The second-order valence-electron chi connectivity index (χ2n) is 7.32. The smallest absolute Gasteiger partial charge is 0.227 e. The Morgan fingerprint density at radius 3 is 2.36 bits per heavy atom. The highest BCUT2D eigenvalue weighted by Gasteiger charge is 2.15. The van der Waals surface area contributed by atoms with Crippen molar-refractivity contribution in [3.8, 4) is 11.5 Å². The summed E-state index contributed by atoms with van der Waals surface area (Å²) in [4.78, 5) is 16.9. The van der Waals surface area contributed by atoms with Crippen LogP contribution in [0.3, 0.4) is 0 Å². The molecule has 0 aromatic heterocycles. The summed E-state index contributed by atoms with van der Waals surface area (Å²) in [6, 6.07) is 14.1. The van der Waals surface area contributed by atoms with Crippen molar-refractivity contribution in [2.75, 3.05) is 39.3 Å². The van der Waals surface area contributed by atoms with Crippen molar-refractivity contribution >= 4 is 11.6 Å². The summed E-state index contributed by atoms with van der Waals surface area (Å²) in [5.41, 5.74) is 3.24. The zero-order valence-electron chi connectivity index (χ0n) is 17.1. The molecular weight excluding hydrogens is 352 g/mol. The maximum Gasteiger partial charge on any atom is 0.227 e. The molecule has 5 nitrogen and oxygen atoms in total. The van der Waals surface area contributed by atoms with Gasteiger partial charge in [-0.25, -0.2) is 0 Å². The first-order chi connectivity index (χ1) is 13.6. The Kier molecular flexibility index (Phi) is 6.80. The largest absolute Gasteiger partial charge is 0.497 e. The fourth-order valence-corrected chi connectivity index (χ4v) is 3.64. The summed E-state index contributed by atoms with van der Waals surface area (Å²) in [5, 5.41) is 0. The van der Waals surface area contributed by atoms with Crippen molar-refractivity contribution in [2.45, 2.75) is 32.2 Å². The molecule has 1 heterocycles. The van der Waals surface area contributed by atoms with Crippen LogP contribution in [0, 0.1) is 0 Å². The van der Waals surface area contributed by atoms with Gasteiger partial charge in [0.1, 0.15) is 11.5 Å². The zero-order chi connectivity index (χ0) is 19.9. The molecule has 1 saturated heterocycles. The van der Waals surface area contributed by atoms with Gasteiger partial charge in [0.15, 0.2) is 0 Å². The normalized spacial score (nSPS) is 13.9. The molecule has 2 aromatic carbocycles. The molecule has 3 rings (SSSR count). The first-order valence-electron chi connectivity index (χ1n) is 9.89. The molecule has 0 saturated carbocycles. The van der Waals surface area contributed by atoms with Gasteiger partial charge in [-0.05, 0) is 55.2 Å². The third-order valence-electron chi connectivity index (χ3n) is 5.33. The van der Waals surface area contributed by atoms with Crippen LogP contribution in [0.2, 0.25) is 0 Å². The molecule has 0 spiro atoms. The molecule has 0 bridgehead atoms. The van der Waals surface area contributed by atoms with Gasteiger partial charge in [-0.3, -0.25) is 4.79 Å². The van der Waals surface area contributed by atoms with Gasteiger partial charge >= 0.3 is 0 Å². The van der Waals surface area contributed by atoms with Gasteiger partial charge in [-0.1, -0.05) is 12.1 Å². The fraction of sp³-hybridized carbons (Fsp3) is 0.435. The number of carbonyl (C=O) groups excluding carboxylic acids is 1. The average Bonchev–Trinajstić information content (AvgIpc) is 2.74. The SMILES string of the molecule is COc1ccc(OC)c(CC(=O)N(C)Cc2ccc(N3CCCCC3)cc2)c1. The number of hydrogen-bond acceptors (Lipinski definition) is 4. The first kappa shape index (κ1) is 20.1. The van der Waals surface area contributed by atoms with E-state index < -0.39 is 0 Å². The highest BCUT2D eigenvalue weighted by atomic mass is 16.5. The summed E-state index contributed by atoms with van der Waals surface area (Å²) in [6.07, 6.45) is 4.15. The Labute approximate surface area is 167 Å². The molecule has 1 fully saturated rings. The Morgan fingerprint density at radius 1 is 1.00 bits per heavy atom. The summed E-state index contributed by atoms with van der Waals surface area (Å²) < 4.78 is 10.7. The van der Waals surface area contributed by atoms with Crippen LogP contribution < -0.4 is 14.4 Å². The van der Waals surface area contributed by atoms with Gasteiger partial charge in [0.05, 0.1) is 20.6 Å². The van der Waals surface area contributed by atoms with E-state index in [4.69, 9.17) is 9.47 Å². The van der Waals surface area contributed by atoms with E-state index in [-0.39, 0.29) is 12.3 Å². The van der Waals surface area contributed by atoms with Crippen LogP contribution in [0.4, 0.5) is 5.69 Å². The minimum Gasteiger partial charge on any atom is -0.497 e. The molecule has 28 heavy (non-hydrogen) atoms. The molecule has 0 radical (unpaired) electrons. The van der Waals surface area contributed by atoms with Gasteiger partial charge in [-0.15, -0.1) is 0 Å². The molecule has 5 heteroatoms. The van der Waals surface area contributed by atoms with E-state index in [0.29, 0.717) is 12.3 Å². The number of benzene rings is 2. The summed E-state index contributed by atoms with van der Waals surface area (Å²) in [6.45, 7) is 2.87. The van der Waals surface area contributed by atoms with E-state index in [1.54, 1.807) is 19.1 Å². The minimum atomic E-state index is 0.0478. The molecule has 1 amide bonds. The molecule has 1 aliphatic heterocycles. The van der Waals surface area contributed by atoms with E-state index in [0.717, 1.165) is 30.0 Å². The Hall–Kier alpha value is -2.69. The maximum absolute atomic E-state index is 12.7. The number of amides is 1. The molecule has 0 N–H and O–H groups in total. The number of likely N-dealkylation sites (N-methyl/N-ethyl adjacent to an activating group) is 1. The number of rotatable bonds is 7. The van der Waals surface area contributed by atoms with Crippen molar-refractivity contribution in [1.29, 1.82) is 0 Å². The summed E-state index contributed by atoms with van der Waals surface area (Å²) in [7, 11) is 5.07. The van der Waals surface area contributed by atoms with Gasteiger partial charge in [0.2, 0.25) is 5.91 Å². The number of piperidine rings is 1. The van der Waals surface area contributed by atoms with Crippen molar-refractivity contribution in [2.24, 2.45) is 0 Å². The monoisotopic (exact) mass is 382 g/mol. The molecule has 1 aliphatic rings. The predicted octanol–water partition coefficient (Wildman–Crippen LogP) is 3.90. The third kappa shape index (κ3) is 4.97. The highest BCUT2D eigenvalue weighted by Crippen LogP contribution is 2.25. The van der Waals surface area contributed by atoms with E-state index in [1.807, 2.05) is 25.2 Å². The second-order valence-corrected chi connectivity index (χ2v) is 7.32. The van der Waals surface area contributed by atoms with Crippen molar-refractivity contribution in [3.63, 3.8) is 0 Å². The Bertz CT molecular complexity index is 783. The van der Waals surface area contributed by atoms with Gasteiger partial charge in [0.25, 0.3) is 0 Å². The molecular formula is C23H30N2O3. The molecule has 150 valence electrons. The van der Waals surface area contributed by atoms with Crippen LogP contribution in [-0.4, -0.2) is 45.2 Å². The van der Waals surface area contributed by atoms with E-state index >= 15 is 0 Å². The van der Waals surface area contributed by atoms with E-state index in [9.17, 15) is 4.79 Å². The van der Waals surface area contributed by atoms with Crippen molar-refractivity contribution in [3.05, 3.63) is 53.6 Å². The van der Waals surface area contributed by atoms with Crippen molar-refractivity contribution in [1.82, 2.24) is 4.90 Å². The lowest BCUT2D eigenvalue weighted by Crippen LogP contribution is -2.29. The van der Waals surface area contributed by atoms with Gasteiger partial charge in [0, 0.05) is 37.9 Å². The van der Waals surface area contributed by atoms with E-state index in [2.05, 4.69) is 29.2 Å². The minimum absolute atomic E-state index is 0.0478. The van der Waals surface area contributed by atoms with Crippen LogP contribution in [0.1, 0.15) is 30.4 Å². The van der Waals surface area contributed by atoms with Gasteiger partial charge < -0.3 is 19.3 Å². The van der Waals surface area contributed by atoms with E-state index in [1.165, 1.54) is 24.9 Å². The quantitative estimate of drug-likeness (QED) is 0.728.